The summed E-state index contributed by atoms with van der Waals surface area (Å²) in [5, 5.41) is 8.77. The van der Waals surface area contributed by atoms with Crippen LogP contribution in [0.15, 0.2) is 66.7 Å². The SMILES string of the molecule is C=CC(=O)N1CCC[C@@H](NC(=O)c2sc3nccc4c3c2NC(=O)N4c2ccc(-c3cccs3)cc2)C1. The maximum atomic E-state index is 13.3. The van der Waals surface area contributed by atoms with Crippen LogP contribution in [0, 0.1) is 0 Å². The maximum absolute atomic E-state index is 13.3. The molecule has 186 valence electrons. The molecule has 8 nitrogen and oxygen atoms in total. The van der Waals surface area contributed by atoms with Crippen molar-refractivity contribution >= 4 is 67.8 Å². The number of carbonyl (C=O) groups is 3. The first-order valence-corrected chi connectivity index (χ1v) is 13.6. The molecule has 0 saturated carbocycles. The lowest BCUT2D eigenvalue weighted by Gasteiger charge is -2.32. The van der Waals surface area contributed by atoms with Crippen molar-refractivity contribution in [3.63, 3.8) is 0 Å². The van der Waals surface area contributed by atoms with Crippen molar-refractivity contribution in [3.05, 3.63) is 71.6 Å². The van der Waals surface area contributed by atoms with Gasteiger partial charge in [-0.05, 0) is 54.1 Å². The summed E-state index contributed by atoms with van der Waals surface area (Å²) in [6.07, 6.45) is 4.53. The molecule has 1 fully saturated rings. The van der Waals surface area contributed by atoms with Gasteiger partial charge in [-0.3, -0.25) is 14.5 Å². The number of likely N-dealkylation sites (tertiary alicyclic amines) is 1. The van der Waals surface area contributed by atoms with E-state index in [1.807, 2.05) is 35.7 Å². The number of thiophene rings is 2. The molecule has 4 amide bonds. The maximum Gasteiger partial charge on any atom is 0.331 e. The number of anilines is 3. The largest absolute Gasteiger partial charge is 0.347 e. The topological polar surface area (TPSA) is 94.6 Å². The lowest BCUT2D eigenvalue weighted by molar-refractivity contribution is -0.127. The van der Waals surface area contributed by atoms with Crippen LogP contribution in [0.5, 0.6) is 0 Å². The van der Waals surface area contributed by atoms with Gasteiger partial charge in [-0.25, -0.2) is 9.78 Å². The average Bonchev–Trinajstić information content (AvgIpc) is 3.58. The first-order chi connectivity index (χ1) is 18.0. The summed E-state index contributed by atoms with van der Waals surface area (Å²) in [4.78, 5) is 48.7. The van der Waals surface area contributed by atoms with Crippen LogP contribution >= 0.6 is 22.7 Å². The Morgan fingerprint density at radius 2 is 2.03 bits per heavy atom. The molecule has 2 aliphatic rings. The number of piperidine rings is 1. The van der Waals surface area contributed by atoms with Gasteiger partial charge in [-0.2, -0.15) is 0 Å². The second-order valence-corrected chi connectivity index (χ2v) is 10.9. The number of amides is 4. The fourth-order valence-corrected chi connectivity index (χ4v) is 6.65. The van der Waals surface area contributed by atoms with Crippen LogP contribution in [-0.2, 0) is 4.79 Å². The summed E-state index contributed by atoms with van der Waals surface area (Å²) in [6.45, 7) is 4.64. The molecule has 0 bridgehead atoms. The van der Waals surface area contributed by atoms with Crippen molar-refractivity contribution in [2.75, 3.05) is 23.3 Å². The van der Waals surface area contributed by atoms with Gasteiger partial charge in [0.1, 0.15) is 9.71 Å². The highest BCUT2D eigenvalue weighted by atomic mass is 32.1. The minimum Gasteiger partial charge on any atom is -0.347 e. The van der Waals surface area contributed by atoms with Gasteiger partial charge in [0, 0.05) is 30.2 Å². The Kier molecular flexibility index (Phi) is 5.97. The van der Waals surface area contributed by atoms with Gasteiger partial charge in [0.25, 0.3) is 5.91 Å². The standard InChI is InChI=1S/C27H23N5O3S2/c1-2-21(33)31-13-3-5-17(15-31)29-25(34)24-23-22-19(11-12-28-26(22)37-24)32(27(35)30-23)18-9-7-16(8-10-18)20-6-4-14-36-20/h2,4,6-12,14,17H,1,3,5,13,15H2,(H,29,34)(H,30,35)/t17-/m1/s1. The molecule has 2 N–H and O–H groups in total. The average molecular weight is 530 g/mol. The van der Waals surface area contributed by atoms with Crippen LogP contribution in [0.3, 0.4) is 0 Å². The second-order valence-electron chi connectivity index (χ2n) is 8.91. The third kappa shape index (κ3) is 4.17. The van der Waals surface area contributed by atoms with Crippen LogP contribution in [0.4, 0.5) is 21.9 Å². The van der Waals surface area contributed by atoms with Crippen LogP contribution < -0.4 is 15.5 Å². The predicted molar refractivity (Wildman–Crippen MR) is 148 cm³/mol. The number of nitrogens with zero attached hydrogens (tertiary/aromatic N) is 3. The molecule has 1 atom stereocenters. The molecule has 3 aromatic heterocycles. The molecule has 0 spiro atoms. The Balaban J connectivity index is 1.30. The Morgan fingerprint density at radius 3 is 2.78 bits per heavy atom. The zero-order valence-electron chi connectivity index (χ0n) is 19.8. The van der Waals surface area contributed by atoms with Crippen molar-refractivity contribution in [2.45, 2.75) is 18.9 Å². The van der Waals surface area contributed by atoms with E-state index in [0.717, 1.165) is 34.4 Å². The first-order valence-electron chi connectivity index (χ1n) is 11.9. The lowest BCUT2D eigenvalue weighted by Crippen LogP contribution is -2.49. The minimum absolute atomic E-state index is 0.138. The number of nitrogens with one attached hydrogen (secondary N) is 2. The fraction of sp³-hybridized carbons (Fsp3) is 0.185. The van der Waals surface area contributed by atoms with E-state index in [0.29, 0.717) is 34.2 Å². The van der Waals surface area contributed by atoms with Crippen LogP contribution in [0.1, 0.15) is 22.5 Å². The number of rotatable bonds is 5. The highest BCUT2D eigenvalue weighted by Gasteiger charge is 2.33. The number of hydrogen-bond donors (Lipinski definition) is 2. The summed E-state index contributed by atoms with van der Waals surface area (Å²) in [7, 11) is 0. The number of pyridine rings is 1. The molecule has 10 heteroatoms. The van der Waals surface area contributed by atoms with E-state index in [4.69, 9.17) is 0 Å². The molecule has 1 aromatic carbocycles. The molecule has 0 aliphatic carbocycles. The number of aromatic nitrogens is 1. The van der Waals surface area contributed by atoms with Crippen molar-refractivity contribution < 1.29 is 14.4 Å². The van der Waals surface area contributed by atoms with Crippen molar-refractivity contribution in [1.82, 2.24) is 15.2 Å². The highest BCUT2D eigenvalue weighted by Crippen LogP contribution is 2.46. The Hall–Kier alpha value is -4.02. The number of benzene rings is 1. The quantitative estimate of drug-likeness (QED) is 0.328. The molecule has 0 unspecified atom stereocenters. The molecule has 2 aliphatic heterocycles. The fourth-order valence-electron chi connectivity index (χ4n) is 4.89. The molecule has 37 heavy (non-hydrogen) atoms. The molecule has 5 heterocycles. The van der Waals surface area contributed by atoms with E-state index in [2.05, 4.69) is 28.3 Å². The number of carbonyl (C=O) groups excluding carboxylic acids is 3. The molecule has 4 aromatic rings. The zero-order chi connectivity index (χ0) is 25.5. The number of urea groups is 1. The molecular weight excluding hydrogens is 506 g/mol. The Morgan fingerprint density at radius 1 is 1.19 bits per heavy atom. The third-order valence-electron chi connectivity index (χ3n) is 6.63. The van der Waals surface area contributed by atoms with Gasteiger partial charge in [0.15, 0.2) is 0 Å². The molecular formula is C27H23N5O3S2. The second kappa shape index (κ2) is 9.45. The highest BCUT2D eigenvalue weighted by molar-refractivity contribution is 7.21. The molecule has 6 rings (SSSR count). The Labute approximate surface area is 221 Å². The number of hydrogen-bond acceptors (Lipinski definition) is 6. The van der Waals surface area contributed by atoms with Gasteiger partial charge < -0.3 is 15.5 Å². The lowest BCUT2D eigenvalue weighted by atomic mass is 10.1. The van der Waals surface area contributed by atoms with Crippen molar-refractivity contribution in [2.24, 2.45) is 0 Å². The van der Waals surface area contributed by atoms with E-state index in [9.17, 15) is 14.4 Å². The summed E-state index contributed by atoms with van der Waals surface area (Å²) in [5.41, 5.74) is 2.97. The van der Waals surface area contributed by atoms with Crippen LogP contribution in [0.2, 0.25) is 0 Å². The van der Waals surface area contributed by atoms with Gasteiger partial charge in [0.2, 0.25) is 5.91 Å². The third-order valence-corrected chi connectivity index (χ3v) is 8.64. The van der Waals surface area contributed by atoms with Crippen molar-refractivity contribution in [3.8, 4) is 10.4 Å². The first kappa shape index (κ1) is 23.4. The van der Waals surface area contributed by atoms with E-state index < -0.39 is 0 Å². The van der Waals surface area contributed by atoms with Gasteiger partial charge in [-0.15, -0.1) is 22.7 Å². The summed E-state index contributed by atoms with van der Waals surface area (Å²) in [6, 6.07) is 13.2. The van der Waals surface area contributed by atoms with Gasteiger partial charge >= 0.3 is 6.03 Å². The summed E-state index contributed by atoms with van der Waals surface area (Å²) >= 11 is 2.91. The normalized spacial score (nSPS) is 17.0. The summed E-state index contributed by atoms with van der Waals surface area (Å²) < 4.78 is 0. The summed E-state index contributed by atoms with van der Waals surface area (Å²) in [5.74, 6) is -0.420. The van der Waals surface area contributed by atoms with E-state index in [1.54, 1.807) is 33.4 Å². The van der Waals surface area contributed by atoms with Crippen LogP contribution in [-0.4, -0.2) is 46.9 Å². The van der Waals surface area contributed by atoms with Crippen LogP contribution in [0.25, 0.3) is 20.7 Å². The van der Waals surface area contributed by atoms with Crippen molar-refractivity contribution in [1.29, 1.82) is 0 Å². The molecule has 1 saturated heterocycles. The van der Waals surface area contributed by atoms with E-state index in [1.165, 1.54) is 17.4 Å². The monoisotopic (exact) mass is 529 g/mol. The van der Waals surface area contributed by atoms with Gasteiger partial charge in [-0.1, -0.05) is 24.8 Å². The Bertz CT molecular complexity index is 1530. The predicted octanol–water partition coefficient (Wildman–Crippen LogP) is 5.62. The minimum atomic E-state index is -0.336. The molecule has 0 radical (unpaired) electrons. The van der Waals surface area contributed by atoms with E-state index >= 15 is 0 Å². The van der Waals surface area contributed by atoms with Gasteiger partial charge in [0.05, 0.1) is 22.4 Å². The zero-order valence-corrected chi connectivity index (χ0v) is 21.4. The smallest absolute Gasteiger partial charge is 0.331 e. The van der Waals surface area contributed by atoms with E-state index in [-0.39, 0.29) is 23.9 Å².